The molecule has 3 aromatic rings. The lowest BCUT2D eigenvalue weighted by molar-refractivity contribution is 0.122. The molecule has 0 radical (unpaired) electrons. The lowest BCUT2D eigenvalue weighted by atomic mass is 10.1. The van der Waals surface area contributed by atoms with Crippen molar-refractivity contribution >= 4 is 34.9 Å². The predicted molar refractivity (Wildman–Crippen MR) is 156 cm³/mol. The van der Waals surface area contributed by atoms with Crippen LogP contribution in [-0.4, -0.2) is 30.9 Å². The molecule has 2 aromatic carbocycles. The zero-order chi connectivity index (χ0) is 25.2. The molecule has 0 unspecified atom stereocenters. The van der Waals surface area contributed by atoms with Crippen LogP contribution in [0.15, 0.2) is 91.7 Å². The first-order valence-corrected chi connectivity index (χ1v) is 12.8. The highest BCUT2D eigenvalue weighted by Crippen LogP contribution is 2.25. The molecule has 0 saturated carbocycles. The van der Waals surface area contributed by atoms with Gasteiger partial charge < -0.3 is 19.5 Å². The molecule has 2 heterocycles. The summed E-state index contributed by atoms with van der Waals surface area (Å²) in [5, 5.41) is 3.68. The first-order valence-electron chi connectivity index (χ1n) is 12.8. The van der Waals surface area contributed by atoms with Crippen LogP contribution >= 0.6 is 0 Å². The van der Waals surface area contributed by atoms with Gasteiger partial charge in [-0.05, 0) is 66.4 Å². The molecular formula is C32H37N3O. The first kappa shape index (κ1) is 25.3. The van der Waals surface area contributed by atoms with Gasteiger partial charge in [0.25, 0.3) is 0 Å². The Morgan fingerprint density at radius 1 is 1.03 bits per heavy atom. The maximum Gasteiger partial charge on any atom is 0.0683 e. The predicted octanol–water partition coefficient (Wildman–Crippen LogP) is 7.80. The Hall–Kier alpha value is -3.76. The van der Waals surface area contributed by atoms with Crippen LogP contribution < -0.4 is 10.2 Å². The Morgan fingerprint density at radius 3 is 2.47 bits per heavy atom. The van der Waals surface area contributed by atoms with Gasteiger partial charge in [0.15, 0.2) is 0 Å². The highest BCUT2D eigenvalue weighted by Gasteiger charge is 2.12. The number of aromatic nitrogens is 1. The van der Waals surface area contributed by atoms with E-state index in [1.54, 1.807) is 6.08 Å². The minimum Gasteiger partial charge on any atom is -0.378 e. The Labute approximate surface area is 215 Å². The summed E-state index contributed by atoms with van der Waals surface area (Å²) in [4.78, 5) is 2.38. The van der Waals surface area contributed by atoms with E-state index in [1.165, 1.54) is 22.4 Å². The third-order valence-electron chi connectivity index (χ3n) is 6.34. The van der Waals surface area contributed by atoms with Crippen LogP contribution in [0.2, 0.25) is 0 Å². The lowest BCUT2D eigenvalue weighted by Crippen LogP contribution is -2.36. The smallest absolute Gasteiger partial charge is 0.0683 e. The molecule has 1 aliphatic heterocycles. The molecule has 1 aliphatic rings. The summed E-state index contributed by atoms with van der Waals surface area (Å²) in [6, 6.07) is 21.6. The number of hydrogen-bond acceptors (Lipinski definition) is 3. The molecule has 0 spiro atoms. The van der Waals surface area contributed by atoms with Crippen LogP contribution in [0, 0.1) is 0 Å². The maximum absolute atomic E-state index is 5.49. The molecule has 0 aliphatic carbocycles. The van der Waals surface area contributed by atoms with E-state index in [1.807, 2.05) is 6.08 Å². The summed E-state index contributed by atoms with van der Waals surface area (Å²) in [5.74, 6) is 0. The molecule has 1 saturated heterocycles. The Morgan fingerprint density at radius 2 is 1.78 bits per heavy atom. The number of nitrogens with zero attached hydrogens (tertiary/aromatic N) is 2. The summed E-state index contributed by atoms with van der Waals surface area (Å²) in [5.41, 5.74) is 8.18. The van der Waals surface area contributed by atoms with Crippen molar-refractivity contribution in [1.29, 1.82) is 0 Å². The Kier molecular flexibility index (Phi) is 9.01. The van der Waals surface area contributed by atoms with E-state index < -0.39 is 0 Å². The molecule has 4 heteroatoms. The third kappa shape index (κ3) is 6.67. The second-order valence-corrected chi connectivity index (χ2v) is 9.01. The van der Waals surface area contributed by atoms with Crippen molar-refractivity contribution in [1.82, 2.24) is 4.57 Å². The number of morpholine rings is 1. The molecule has 36 heavy (non-hydrogen) atoms. The average molecular weight is 480 g/mol. The average Bonchev–Trinajstić information content (AvgIpc) is 3.39. The molecule has 4 nitrogen and oxygen atoms in total. The summed E-state index contributed by atoms with van der Waals surface area (Å²) >= 11 is 0. The van der Waals surface area contributed by atoms with Crippen LogP contribution in [-0.2, 0) is 4.74 Å². The van der Waals surface area contributed by atoms with Crippen LogP contribution in [0.5, 0.6) is 0 Å². The molecule has 1 N–H and O–H groups in total. The first-order chi connectivity index (χ1) is 17.7. The fourth-order valence-corrected chi connectivity index (χ4v) is 4.30. The largest absolute Gasteiger partial charge is 0.378 e. The second kappa shape index (κ2) is 12.8. The number of rotatable bonds is 10. The highest BCUT2D eigenvalue weighted by atomic mass is 16.5. The van der Waals surface area contributed by atoms with Crippen molar-refractivity contribution in [2.45, 2.75) is 26.7 Å². The van der Waals surface area contributed by atoms with Gasteiger partial charge >= 0.3 is 0 Å². The third-order valence-corrected chi connectivity index (χ3v) is 6.34. The normalized spacial score (nSPS) is 14.9. The molecule has 4 rings (SSSR count). The van der Waals surface area contributed by atoms with Crippen LogP contribution in [0.1, 0.15) is 43.5 Å². The molecule has 0 atom stereocenters. The fourth-order valence-electron chi connectivity index (χ4n) is 4.30. The van der Waals surface area contributed by atoms with Gasteiger partial charge in [0.05, 0.1) is 24.6 Å². The zero-order valence-electron chi connectivity index (χ0n) is 21.5. The van der Waals surface area contributed by atoms with Gasteiger partial charge in [-0.1, -0.05) is 68.5 Å². The molecule has 0 amide bonds. The number of nitrogens with one attached hydrogen (secondary N) is 1. The van der Waals surface area contributed by atoms with Gasteiger partial charge in [-0.3, -0.25) is 0 Å². The Bertz CT molecular complexity index is 1210. The SMILES string of the molecule is C=C/C=C/c1ccc(/C(C)=C/n2cccc2/C(=C\CCC)Nc2ccc(N3CCOCC3)cc2)cc1. The highest BCUT2D eigenvalue weighted by molar-refractivity contribution is 5.80. The van der Waals surface area contributed by atoms with E-state index in [9.17, 15) is 0 Å². The summed E-state index contributed by atoms with van der Waals surface area (Å²) in [6.45, 7) is 11.6. The van der Waals surface area contributed by atoms with Crippen molar-refractivity contribution in [3.63, 3.8) is 0 Å². The number of ether oxygens (including phenoxy) is 1. The maximum atomic E-state index is 5.49. The van der Waals surface area contributed by atoms with Crippen molar-refractivity contribution in [2.75, 3.05) is 36.5 Å². The number of anilines is 2. The topological polar surface area (TPSA) is 29.4 Å². The number of hydrogen-bond donors (Lipinski definition) is 1. The van der Waals surface area contributed by atoms with E-state index in [2.05, 4.69) is 120 Å². The van der Waals surface area contributed by atoms with Crippen LogP contribution in [0.3, 0.4) is 0 Å². The van der Waals surface area contributed by atoms with Crippen molar-refractivity contribution in [3.8, 4) is 0 Å². The lowest BCUT2D eigenvalue weighted by Gasteiger charge is -2.29. The second-order valence-electron chi connectivity index (χ2n) is 9.01. The van der Waals surface area contributed by atoms with Crippen molar-refractivity contribution in [2.24, 2.45) is 0 Å². The van der Waals surface area contributed by atoms with Crippen molar-refractivity contribution in [3.05, 3.63) is 108 Å². The molecular weight excluding hydrogens is 442 g/mol. The van der Waals surface area contributed by atoms with Gasteiger partial charge in [0.2, 0.25) is 0 Å². The van der Waals surface area contributed by atoms with Gasteiger partial charge in [0, 0.05) is 36.9 Å². The molecule has 1 aromatic heterocycles. The van der Waals surface area contributed by atoms with Crippen LogP contribution in [0.4, 0.5) is 11.4 Å². The standard InChI is InChI=1S/C32H37N3O/c1-4-6-9-27-12-14-28(15-13-27)26(3)25-35-20-8-11-32(35)31(10-7-5-2)33-29-16-18-30(19-17-29)34-21-23-36-24-22-34/h4,6,8-20,25,33H,1,5,7,21-24H2,2-3H3/b9-6+,26-25+,31-10+. The molecule has 1 fully saturated rings. The van der Waals surface area contributed by atoms with E-state index in [0.717, 1.165) is 56.2 Å². The van der Waals surface area contributed by atoms with Gasteiger partial charge in [-0.15, -0.1) is 0 Å². The van der Waals surface area contributed by atoms with Crippen molar-refractivity contribution < 1.29 is 4.74 Å². The zero-order valence-corrected chi connectivity index (χ0v) is 21.5. The van der Waals surface area contributed by atoms with E-state index >= 15 is 0 Å². The monoisotopic (exact) mass is 479 g/mol. The quantitative estimate of drug-likeness (QED) is 0.301. The Balaban J connectivity index is 1.53. The fraction of sp³-hybridized carbons (Fsp3) is 0.250. The van der Waals surface area contributed by atoms with Gasteiger partial charge in [-0.25, -0.2) is 0 Å². The summed E-state index contributed by atoms with van der Waals surface area (Å²) in [6.07, 6.45) is 14.5. The van der Waals surface area contributed by atoms with E-state index in [-0.39, 0.29) is 0 Å². The van der Waals surface area contributed by atoms with E-state index in [0.29, 0.717) is 0 Å². The minimum absolute atomic E-state index is 0.796. The van der Waals surface area contributed by atoms with Gasteiger partial charge in [-0.2, -0.15) is 0 Å². The van der Waals surface area contributed by atoms with Gasteiger partial charge in [0.1, 0.15) is 0 Å². The minimum atomic E-state index is 0.796. The summed E-state index contributed by atoms with van der Waals surface area (Å²) in [7, 11) is 0. The molecule has 186 valence electrons. The summed E-state index contributed by atoms with van der Waals surface area (Å²) < 4.78 is 7.69. The van der Waals surface area contributed by atoms with Crippen LogP contribution in [0.25, 0.3) is 23.5 Å². The van der Waals surface area contributed by atoms with E-state index in [4.69, 9.17) is 4.74 Å². The molecule has 0 bridgehead atoms. The number of benzene rings is 2. The number of unbranched alkanes of at least 4 members (excludes halogenated alkanes) is 1. The number of allylic oxidation sites excluding steroid dienone is 4.